The number of sulfonamides is 1. The van der Waals surface area contributed by atoms with Crippen molar-refractivity contribution < 1.29 is 26.3 Å². The minimum Gasteiger partial charge on any atom is -0.495 e. The van der Waals surface area contributed by atoms with E-state index in [4.69, 9.17) is 4.74 Å². The number of alkyl halides is 3. The van der Waals surface area contributed by atoms with E-state index in [0.29, 0.717) is 0 Å². The first-order valence-corrected chi connectivity index (χ1v) is 9.04. The van der Waals surface area contributed by atoms with E-state index >= 15 is 0 Å². The second-order valence-electron chi connectivity index (χ2n) is 5.64. The highest BCUT2D eigenvalue weighted by Crippen LogP contribution is 2.32. The molecular formula is C16H12F3N3O5S. The number of hydrogen-bond donors (Lipinski definition) is 3. The maximum atomic E-state index is 12.7. The van der Waals surface area contributed by atoms with E-state index < -0.39 is 32.9 Å². The van der Waals surface area contributed by atoms with E-state index in [1.54, 1.807) is 0 Å². The van der Waals surface area contributed by atoms with E-state index in [9.17, 15) is 31.2 Å². The monoisotopic (exact) mass is 415 g/mol. The molecule has 12 heteroatoms. The molecule has 0 unspecified atom stereocenters. The van der Waals surface area contributed by atoms with Crippen LogP contribution in [0.25, 0.3) is 11.0 Å². The van der Waals surface area contributed by atoms with Crippen LogP contribution in [0.2, 0.25) is 0 Å². The van der Waals surface area contributed by atoms with Gasteiger partial charge in [0.1, 0.15) is 10.6 Å². The lowest BCUT2D eigenvalue weighted by Gasteiger charge is -2.13. The van der Waals surface area contributed by atoms with Gasteiger partial charge in [0.25, 0.3) is 10.0 Å². The molecule has 28 heavy (non-hydrogen) atoms. The molecular weight excluding hydrogens is 403 g/mol. The molecule has 3 rings (SSSR count). The number of H-pyrrole nitrogens is 2. The topological polar surface area (TPSA) is 121 Å². The van der Waals surface area contributed by atoms with Gasteiger partial charge < -0.3 is 14.7 Å². The number of aromatic amines is 2. The number of halogens is 3. The molecule has 148 valence electrons. The summed E-state index contributed by atoms with van der Waals surface area (Å²) in [6.07, 6.45) is -4.55. The number of aromatic nitrogens is 2. The SMILES string of the molecule is COc1cc2[nH]c(=O)c(=O)[nH]c2cc1S(=O)(=O)Nc1ccc(C(F)(F)F)cc1. The van der Waals surface area contributed by atoms with Gasteiger partial charge in [-0.05, 0) is 30.3 Å². The molecule has 1 aromatic heterocycles. The molecule has 0 saturated heterocycles. The van der Waals surface area contributed by atoms with Gasteiger partial charge in [-0.1, -0.05) is 0 Å². The number of hydrogen-bond acceptors (Lipinski definition) is 5. The Morgan fingerprint density at radius 3 is 2.00 bits per heavy atom. The predicted octanol–water partition coefficient (Wildman–Crippen LogP) is 2.04. The van der Waals surface area contributed by atoms with Crippen molar-refractivity contribution in [2.45, 2.75) is 11.1 Å². The van der Waals surface area contributed by atoms with Crippen molar-refractivity contribution in [1.29, 1.82) is 0 Å². The molecule has 0 atom stereocenters. The Kier molecular flexibility index (Phi) is 4.67. The number of benzene rings is 2. The standard InChI is InChI=1S/C16H12F3N3O5S/c1-27-12-6-10-11(21-15(24)14(23)20-10)7-13(12)28(25,26)22-9-4-2-8(3-5-9)16(17,18)19/h2-7,22H,1H3,(H,20,23)(H,21,24). The summed E-state index contributed by atoms with van der Waals surface area (Å²) >= 11 is 0. The summed E-state index contributed by atoms with van der Waals surface area (Å²) in [7, 11) is -3.09. The van der Waals surface area contributed by atoms with Gasteiger partial charge >= 0.3 is 17.3 Å². The summed E-state index contributed by atoms with van der Waals surface area (Å²) in [6.45, 7) is 0. The third-order valence-corrected chi connectivity index (χ3v) is 5.16. The second kappa shape index (κ2) is 6.71. The summed E-state index contributed by atoms with van der Waals surface area (Å²) in [5.74, 6) is -0.144. The molecule has 0 aliphatic carbocycles. The fourth-order valence-electron chi connectivity index (χ4n) is 2.43. The van der Waals surface area contributed by atoms with E-state index in [0.717, 1.165) is 30.3 Å². The average Bonchev–Trinajstić information content (AvgIpc) is 2.61. The first kappa shape index (κ1) is 19.5. The summed E-state index contributed by atoms with van der Waals surface area (Å²) in [6, 6.07) is 5.67. The van der Waals surface area contributed by atoms with Crippen molar-refractivity contribution in [2.24, 2.45) is 0 Å². The highest BCUT2D eigenvalue weighted by Gasteiger charge is 2.30. The highest BCUT2D eigenvalue weighted by atomic mass is 32.2. The average molecular weight is 415 g/mol. The first-order chi connectivity index (χ1) is 13.0. The molecule has 0 aliphatic rings. The number of anilines is 1. The van der Waals surface area contributed by atoms with Crippen LogP contribution in [-0.4, -0.2) is 25.5 Å². The molecule has 0 saturated carbocycles. The molecule has 3 N–H and O–H groups in total. The van der Waals surface area contributed by atoms with Crippen LogP contribution in [0, 0.1) is 0 Å². The third-order valence-electron chi connectivity index (χ3n) is 3.76. The van der Waals surface area contributed by atoms with E-state index in [2.05, 4.69) is 14.7 Å². The zero-order valence-electron chi connectivity index (χ0n) is 14.0. The largest absolute Gasteiger partial charge is 0.495 e. The van der Waals surface area contributed by atoms with Crippen LogP contribution < -0.4 is 20.6 Å². The van der Waals surface area contributed by atoms with Gasteiger partial charge in [0.05, 0.1) is 23.7 Å². The predicted molar refractivity (Wildman–Crippen MR) is 94.0 cm³/mol. The lowest BCUT2D eigenvalue weighted by molar-refractivity contribution is -0.137. The minimum atomic E-state index is -4.55. The normalized spacial score (nSPS) is 12.1. The maximum Gasteiger partial charge on any atom is 0.416 e. The Labute approximate surface area is 155 Å². The number of rotatable bonds is 4. The van der Waals surface area contributed by atoms with Crippen molar-refractivity contribution in [3.05, 3.63) is 62.7 Å². The van der Waals surface area contributed by atoms with Gasteiger partial charge in [-0.3, -0.25) is 14.3 Å². The quantitative estimate of drug-likeness (QED) is 0.563. The summed E-state index contributed by atoms with van der Waals surface area (Å²) in [5.41, 5.74) is -2.77. The van der Waals surface area contributed by atoms with Crippen molar-refractivity contribution in [2.75, 3.05) is 11.8 Å². The molecule has 0 radical (unpaired) electrons. The van der Waals surface area contributed by atoms with Gasteiger partial charge in [0.15, 0.2) is 0 Å². The van der Waals surface area contributed by atoms with Gasteiger partial charge in [0.2, 0.25) is 0 Å². The molecule has 0 amide bonds. The molecule has 1 heterocycles. The van der Waals surface area contributed by atoms with Crippen molar-refractivity contribution in [3.63, 3.8) is 0 Å². The van der Waals surface area contributed by atoms with Crippen LogP contribution in [0.5, 0.6) is 5.75 Å². The smallest absolute Gasteiger partial charge is 0.416 e. The summed E-state index contributed by atoms with van der Waals surface area (Å²) in [5, 5.41) is 0. The lowest BCUT2D eigenvalue weighted by atomic mass is 10.2. The van der Waals surface area contributed by atoms with Crippen molar-refractivity contribution in [3.8, 4) is 5.75 Å². The Balaban J connectivity index is 2.05. The number of fused-ring (bicyclic) bond motifs is 1. The zero-order chi connectivity index (χ0) is 20.7. The van der Waals surface area contributed by atoms with Crippen LogP contribution in [0.3, 0.4) is 0 Å². The molecule has 3 aromatic rings. The summed E-state index contributed by atoms with van der Waals surface area (Å²) < 4.78 is 70.4. The molecule has 0 spiro atoms. The van der Waals surface area contributed by atoms with E-state index in [1.165, 1.54) is 13.2 Å². The fourth-order valence-corrected chi connectivity index (χ4v) is 3.67. The molecule has 0 bridgehead atoms. The molecule has 8 nitrogen and oxygen atoms in total. The van der Waals surface area contributed by atoms with Crippen LogP contribution in [0.4, 0.5) is 18.9 Å². The van der Waals surface area contributed by atoms with Gasteiger partial charge in [-0.2, -0.15) is 13.2 Å². The molecule has 0 aliphatic heterocycles. The Morgan fingerprint density at radius 1 is 0.964 bits per heavy atom. The second-order valence-corrected chi connectivity index (χ2v) is 7.29. The minimum absolute atomic E-state index is 0.0261. The molecule has 2 aromatic carbocycles. The first-order valence-electron chi connectivity index (χ1n) is 7.56. The van der Waals surface area contributed by atoms with Crippen LogP contribution >= 0.6 is 0 Å². The Hall–Kier alpha value is -3.28. The third kappa shape index (κ3) is 3.71. The Bertz CT molecular complexity index is 1260. The van der Waals surface area contributed by atoms with Crippen LogP contribution in [-0.2, 0) is 16.2 Å². The fraction of sp³-hybridized carbons (Fsp3) is 0.125. The Morgan fingerprint density at radius 2 is 1.50 bits per heavy atom. The number of nitrogens with one attached hydrogen (secondary N) is 3. The van der Waals surface area contributed by atoms with Gasteiger partial charge in [-0.15, -0.1) is 0 Å². The maximum absolute atomic E-state index is 12.7. The van der Waals surface area contributed by atoms with E-state index in [-0.39, 0.29) is 27.4 Å². The van der Waals surface area contributed by atoms with Crippen molar-refractivity contribution in [1.82, 2.24) is 9.97 Å². The summed E-state index contributed by atoms with van der Waals surface area (Å²) in [4.78, 5) is 27.0. The zero-order valence-corrected chi connectivity index (χ0v) is 14.9. The lowest BCUT2D eigenvalue weighted by Crippen LogP contribution is -2.29. The van der Waals surface area contributed by atoms with Crippen LogP contribution in [0.1, 0.15) is 5.56 Å². The highest BCUT2D eigenvalue weighted by molar-refractivity contribution is 7.92. The number of ether oxygens (including phenoxy) is 1. The van der Waals surface area contributed by atoms with Gasteiger partial charge in [-0.25, -0.2) is 8.42 Å². The molecule has 0 fully saturated rings. The van der Waals surface area contributed by atoms with Crippen molar-refractivity contribution >= 4 is 26.7 Å². The van der Waals surface area contributed by atoms with Crippen LogP contribution in [0.15, 0.2) is 50.9 Å². The number of methoxy groups -OCH3 is 1. The van der Waals surface area contributed by atoms with E-state index in [1.807, 2.05) is 0 Å². The van der Waals surface area contributed by atoms with Gasteiger partial charge in [0, 0.05) is 11.8 Å².